The fraction of sp³-hybridized carbons (Fsp3) is 0.333. The number of anilines is 1. The molecule has 0 saturated carbocycles. The third kappa shape index (κ3) is 4.41. The van der Waals surface area contributed by atoms with E-state index in [1.807, 2.05) is 0 Å². The van der Waals surface area contributed by atoms with Crippen LogP contribution in [0.15, 0.2) is 30.0 Å². The van der Waals surface area contributed by atoms with E-state index in [0.717, 1.165) is 6.08 Å². The van der Waals surface area contributed by atoms with Crippen LogP contribution in [0.2, 0.25) is 0 Å². The lowest BCUT2D eigenvalue weighted by Gasteiger charge is -2.15. The molecule has 0 aromatic heterocycles. The van der Waals surface area contributed by atoms with E-state index in [2.05, 4.69) is 5.32 Å². The second-order valence-electron chi connectivity index (χ2n) is 5.86. The molecule has 0 aliphatic carbocycles. The Morgan fingerprint density at radius 2 is 1.91 bits per heavy atom. The molecule has 0 aliphatic heterocycles. The number of non-ortho nitro benzene ring substituents is 1. The maximum Gasteiger partial charge on any atom is 0.352 e. The molecule has 1 aromatic rings. The lowest BCUT2D eigenvalue weighted by Crippen LogP contribution is -2.21. The maximum atomic E-state index is 11.9. The largest absolute Gasteiger partial charge is 0.477 e. The fourth-order valence-electron chi connectivity index (χ4n) is 1.50. The smallest absolute Gasteiger partial charge is 0.352 e. The van der Waals surface area contributed by atoms with Gasteiger partial charge in [-0.05, 0) is 12.5 Å². The van der Waals surface area contributed by atoms with Crippen molar-refractivity contribution in [2.45, 2.75) is 27.7 Å². The first-order valence-corrected chi connectivity index (χ1v) is 6.54. The summed E-state index contributed by atoms with van der Waals surface area (Å²) in [6.45, 7) is 6.69. The molecule has 0 radical (unpaired) electrons. The van der Waals surface area contributed by atoms with E-state index in [-0.39, 0.29) is 22.9 Å². The minimum absolute atomic E-state index is 0.167. The van der Waals surface area contributed by atoms with Gasteiger partial charge in [-0.1, -0.05) is 26.8 Å². The molecule has 0 unspecified atom stereocenters. The highest BCUT2D eigenvalue weighted by Crippen LogP contribution is 2.24. The van der Waals surface area contributed by atoms with Crippen molar-refractivity contribution in [1.29, 1.82) is 0 Å². The van der Waals surface area contributed by atoms with Gasteiger partial charge < -0.3 is 10.4 Å². The number of carboxylic acid groups (broad SMARTS) is 1. The third-order valence-electron chi connectivity index (χ3n) is 2.95. The Hall–Kier alpha value is -2.70. The van der Waals surface area contributed by atoms with Gasteiger partial charge in [-0.15, -0.1) is 0 Å². The van der Waals surface area contributed by atoms with Crippen molar-refractivity contribution in [2.24, 2.45) is 5.41 Å². The van der Waals surface area contributed by atoms with Crippen LogP contribution in [0.25, 0.3) is 0 Å². The zero-order valence-electron chi connectivity index (χ0n) is 12.8. The molecule has 22 heavy (non-hydrogen) atoms. The SMILES string of the molecule is Cc1ccc([N+](=O)[O-])cc1N/C(=C/C(=O)C(C)(C)C)C(=O)O. The Bertz CT molecular complexity index is 656. The van der Waals surface area contributed by atoms with Crippen LogP contribution in [-0.2, 0) is 9.59 Å². The number of carbonyl (C=O) groups is 2. The fourth-order valence-corrected chi connectivity index (χ4v) is 1.50. The van der Waals surface area contributed by atoms with Crippen molar-refractivity contribution in [3.8, 4) is 0 Å². The number of rotatable bonds is 5. The van der Waals surface area contributed by atoms with Crippen LogP contribution in [0.3, 0.4) is 0 Å². The molecule has 0 saturated heterocycles. The first-order valence-electron chi connectivity index (χ1n) is 6.54. The van der Waals surface area contributed by atoms with Crippen LogP contribution in [0.4, 0.5) is 11.4 Å². The summed E-state index contributed by atoms with van der Waals surface area (Å²) in [6, 6.07) is 4.06. The summed E-state index contributed by atoms with van der Waals surface area (Å²) in [5, 5.41) is 22.6. The molecule has 0 aliphatic rings. The molecule has 7 nitrogen and oxygen atoms in total. The van der Waals surface area contributed by atoms with Crippen molar-refractivity contribution in [1.82, 2.24) is 0 Å². The van der Waals surface area contributed by atoms with Gasteiger partial charge in [0.2, 0.25) is 0 Å². The Morgan fingerprint density at radius 3 is 2.36 bits per heavy atom. The van der Waals surface area contributed by atoms with Gasteiger partial charge in [0, 0.05) is 29.3 Å². The molecule has 0 amide bonds. The zero-order chi connectivity index (χ0) is 17.1. The highest BCUT2D eigenvalue weighted by molar-refractivity contribution is 6.02. The summed E-state index contributed by atoms with van der Waals surface area (Å²) in [4.78, 5) is 33.4. The number of hydrogen-bond acceptors (Lipinski definition) is 5. The number of hydrogen-bond donors (Lipinski definition) is 2. The highest BCUT2D eigenvalue weighted by Gasteiger charge is 2.22. The van der Waals surface area contributed by atoms with Crippen LogP contribution in [0.5, 0.6) is 0 Å². The van der Waals surface area contributed by atoms with Gasteiger partial charge in [-0.3, -0.25) is 14.9 Å². The van der Waals surface area contributed by atoms with Gasteiger partial charge in [-0.2, -0.15) is 0 Å². The maximum absolute atomic E-state index is 11.9. The van der Waals surface area contributed by atoms with Gasteiger partial charge in [0.1, 0.15) is 5.70 Å². The van der Waals surface area contributed by atoms with Crippen LogP contribution >= 0.6 is 0 Å². The van der Waals surface area contributed by atoms with Crippen LogP contribution < -0.4 is 5.32 Å². The Kier molecular flexibility index (Phi) is 5.03. The van der Waals surface area contributed by atoms with E-state index in [9.17, 15) is 24.8 Å². The molecular weight excluding hydrogens is 288 g/mol. The molecule has 0 heterocycles. The predicted octanol–water partition coefficient (Wildman–Crippen LogP) is 2.90. The molecule has 0 bridgehead atoms. The number of carboxylic acids is 1. The summed E-state index contributed by atoms with van der Waals surface area (Å²) in [6.07, 6.45) is 1.00. The number of nitro groups is 1. The number of nitrogens with one attached hydrogen (secondary N) is 1. The molecule has 0 atom stereocenters. The second kappa shape index (κ2) is 6.38. The van der Waals surface area contributed by atoms with Gasteiger partial charge in [0.25, 0.3) is 5.69 Å². The van der Waals surface area contributed by atoms with Gasteiger partial charge in [0.05, 0.1) is 4.92 Å². The highest BCUT2D eigenvalue weighted by atomic mass is 16.6. The third-order valence-corrected chi connectivity index (χ3v) is 2.95. The van der Waals surface area contributed by atoms with Crippen LogP contribution in [0.1, 0.15) is 26.3 Å². The first-order chi connectivity index (χ1) is 10.0. The number of allylic oxidation sites excluding steroid dienone is 1. The topological polar surface area (TPSA) is 110 Å². The summed E-state index contributed by atoms with van der Waals surface area (Å²) in [5.74, 6) is -1.68. The number of ketones is 1. The van der Waals surface area contributed by atoms with Gasteiger partial charge >= 0.3 is 5.97 Å². The average molecular weight is 306 g/mol. The Labute approximate surface area is 127 Å². The predicted molar refractivity (Wildman–Crippen MR) is 81.6 cm³/mol. The lowest BCUT2D eigenvalue weighted by atomic mass is 9.90. The van der Waals surface area contributed by atoms with Crippen LogP contribution in [0, 0.1) is 22.5 Å². The molecule has 2 N–H and O–H groups in total. The standard InChI is InChI=1S/C15H18N2O5/c1-9-5-6-10(17(21)22)7-11(9)16-12(14(19)20)8-13(18)15(2,3)4/h5-8,16H,1-4H3,(H,19,20)/b12-8+. The van der Waals surface area contributed by atoms with E-state index in [4.69, 9.17) is 0 Å². The molecule has 0 fully saturated rings. The van der Waals surface area contributed by atoms with E-state index < -0.39 is 16.3 Å². The van der Waals surface area contributed by atoms with Gasteiger partial charge in [-0.25, -0.2) is 4.79 Å². The molecule has 1 rings (SSSR count). The van der Waals surface area contributed by atoms with E-state index in [1.54, 1.807) is 27.7 Å². The van der Waals surface area contributed by atoms with Crippen molar-refractivity contribution in [2.75, 3.05) is 5.32 Å². The molecule has 7 heteroatoms. The molecule has 1 aromatic carbocycles. The number of nitrogens with zero attached hydrogens (tertiary/aromatic N) is 1. The average Bonchev–Trinajstić information content (AvgIpc) is 2.38. The zero-order valence-corrected chi connectivity index (χ0v) is 12.8. The summed E-state index contributed by atoms with van der Waals surface area (Å²) >= 11 is 0. The molecule has 118 valence electrons. The number of benzene rings is 1. The number of aryl methyl sites for hydroxylation is 1. The van der Waals surface area contributed by atoms with Crippen LogP contribution in [-0.4, -0.2) is 21.8 Å². The normalized spacial score (nSPS) is 11.9. The molecular formula is C15H18N2O5. The van der Waals surface area contributed by atoms with Crippen molar-refractivity contribution >= 4 is 23.1 Å². The van der Waals surface area contributed by atoms with Crippen molar-refractivity contribution in [3.05, 3.63) is 45.6 Å². The summed E-state index contributed by atoms with van der Waals surface area (Å²) < 4.78 is 0. The van der Waals surface area contributed by atoms with Crippen molar-refractivity contribution in [3.63, 3.8) is 0 Å². The van der Waals surface area contributed by atoms with Crippen molar-refractivity contribution < 1.29 is 19.6 Å². The second-order valence-corrected chi connectivity index (χ2v) is 5.86. The first kappa shape index (κ1) is 17.4. The van der Waals surface area contributed by atoms with E-state index in [1.165, 1.54) is 18.2 Å². The lowest BCUT2D eigenvalue weighted by molar-refractivity contribution is -0.384. The quantitative estimate of drug-likeness (QED) is 0.491. The number of aliphatic carboxylic acids is 1. The summed E-state index contributed by atoms with van der Waals surface area (Å²) in [7, 11) is 0. The molecule has 0 spiro atoms. The van der Waals surface area contributed by atoms with E-state index in [0.29, 0.717) is 5.56 Å². The number of carbonyl (C=O) groups excluding carboxylic acids is 1. The minimum atomic E-state index is -1.32. The van der Waals surface area contributed by atoms with E-state index >= 15 is 0 Å². The minimum Gasteiger partial charge on any atom is -0.477 e. The van der Waals surface area contributed by atoms with Gasteiger partial charge in [0.15, 0.2) is 5.78 Å². The Balaban J connectivity index is 3.20. The summed E-state index contributed by atoms with van der Waals surface area (Å²) in [5.41, 5.74) is -0.325. The Morgan fingerprint density at radius 1 is 1.32 bits per heavy atom. The number of nitro benzene ring substituents is 1. The monoisotopic (exact) mass is 306 g/mol.